The number of aliphatic hydroxyl groups is 1. The lowest BCUT2D eigenvalue weighted by Crippen LogP contribution is -2.63. The number of carboxylic acid groups (broad SMARTS) is 1. The van der Waals surface area contributed by atoms with E-state index in [0.29, 0.717) is 30.1 Å². The van der Waals surface area contributed by atoms with E-state index in [-0.39, 0.29) is 17.4 Å². The summed E-state index contributed by atoms with van der Waals surface area (Å²) >= 11 is 0. The molecule has 4 rings (SSSR count). The Labute approximate surface area is 139 Å². The monoisotopic (exact) mass is 318 g/mol. The van der Waals surface area contributed by atoms with Crippen LogP contribution in [0.25, 0.3) is 0 Å². The third-order valence-electron chi connectivity index (χ3n) is 8.70. The standard InChI is InChI=1S/C20H30O3/c1-12-10-20-9-6-14-18(2,17(22)23)8-7-16(21)19(14,3)15(20)5-4-13(12)11-20/h13-16,21H,1,4-11H2,2-3H3,(H,22,23)/t13-,14+,15-,16-,18+,19+,20+/m0/s1. The Morgan fingerprint density at radius 3 is 2.57 bits per heavy atom. The summed E-state index contributed by atoms with van der Waals surface area (Å²) in [4.78, 5) is 12.1. The zero-order valence-electron chi connectivity index (χ0n) is 14.5. The van der Waals surface area contributed by atoms with Crippen LogP contribution in [0.4, 0.5) is 0 Å². The lowest BCUT2D eigenvalue weighted by atomic mass is 9.40. The first kappa shape index (κ1) is 15.7. The van der Waals surface area contributed by atoms with Gasteiger partial charge < -0.3 is 10.2 Å². The predicted octanol–water partition coefficient (Wildman–Crippen LogP) is 4.01. The molecule has 0 aromatic heterocycles. The summed E-state index contributed by atoms with van der Waals surface area (Å²) < 4.78 is 0. The molecule has 7 atom stereocenters. The highest BCUT2D eigenvalue weighted by atomic mass is 16.4. The Balaban J connectivity index is 1.79. The molecule has 0 unspecified atom stereocenters. The van der Waals surface area contributed by atoms with Crippen molar-refractivity contribution in [2.75, 3.05) is 0 Å². The lowest BCUT2D eigenvalue weighted by Gasteiger charge is -2.64. The zero-order valence-corrected chi connectivity index (χ0v) is 14.5. The predicted molar refractivity (Wildman–Crippen MR) is 88.8 cm³/mol. The van der Waals surface area contributed by atoms with E-state index >= 15 is 0 Å². The summed E-state index contributed by atoms with van der Waals surface area (Å²) in [5, 5.41) is 20.9. The third kappa shape index (κ3) is 1.78. The minimum absolute atomic E-state index is 0.0947. The Morgan fingerprint density at radius 2 is 1.87 bits per heavy atom. The highest BCUT2D eigenvalue weighted by molar-refractivity contribution is 5.75. The van der Waals surface area contributed by atoms with Crippen molar-refractivity contribution in [1.82, 2.24) is 0 Å². The van der Waals surface area contributed by atoms with E-state index in [4.69, 9.17) is 0 Å². The van der Waals surface area contributed by atoms with Gasteiger partial charge in [0.1, 0.15) is 0 Å². The molecule has 0 heterocycles. The highest BCUT2D eigenvalue weighted by Crippen LogP contribution is 2.72. The first-order valence-corrected chi connectivity index (χ1v) is 9.33. The molecule has 4 aliphatic rings. The van der Waals surface area contributed by atoms with Gasteiger partial charge in [-0.15, -0.1) is 0 Å². The minimum Gasteiger partial charge on any atom is -0.481 e. The molecule has 1 spiro atoms. The van der Waals surface area contributed by atoms with E-state index in [0.717, 1.165) is 25.7 Å². The molecule has 0 saturated heterocycles. The molecule has 128 valence electrons. The first-order chi connectivity index (χ1) is 10.7. The van der Waals surface area contributed by atoms with Gasteiger partial charge in [-0.1, -0.05) is 19.1 Å². The largest absolute Gasteiger partial charge is 0.481 e. The van der Waals surface area contributed by atoms with Gasteiger partial charge in [-0.25, -0.2) is 0 Å². The molecule has 0 aliphatic heterocycles. The third-order valence-corrected chi connectivity index (χ3v) is 8.70. The fraction of sp³-hybridized carbons (Fsp3) is 0.850. The summed E-state index contributed by atoms with van der Waals surface area (Å²) in [6.45, 7) is 8.48. The molecule has 4 fully saturated rings. The van der Waals surface area contributed by atoms with Crippen molar-refractivity contribution in [1.29, 1.82) is 0 Å². The van der Waals surface area contributed by atoms with Crippen molar-refractivity contribution in [3.05, 3.63) is 12.2 Å². The molecule has 0 amide bonds. The summed E-state index contributed by atoms with van der Waals surface area (Å²) in [5.74, 6) is 0.564. The molecule has 3 heteroatoms. The van der Waals surface area contributed by atoms with Crippen molar-refractivity contribution < 1.29 is 15.0 Å². The zero-order chi connectivity index (χ0) is 16.6. The smallest absolute Gasteiger partial charge is 0.309 e. The fourth-order valence-corrected chi connectivity index (χ4v) is 7.52. The molecular formula is C20H30O3. The molecule has 4 saturated carbocycles. The molecule has 0 aromatic rings. The van der Waals surface area contributed by atoms with Crippen molar-refractivity contribution in [2.24, 2.45) is 34.0 Å². The van der Waals surface area contributed by atoms with E-state index in [1.54, 1.807) is 0 Å². The van der Waals surface area contributed by atoms with Gasteiger partial charge in [0, 0.05) is 5.41 Å². The Hall–Kier alpha value is -0.830. The number of aliphatic carboxylic acids is 1. The molecule has 0 aromatic carbocycles. The van der Waals surface area contributed by atoms with Crippen LogP contribution in [-0.4, -0.2) is 22.3 Å². The SMILES string of the molecule is C=C1C[C@@]23CC[C@H]4[C@](C)([C@@H]2CC[C@H]1C3)[C@@H](O)CC[C@@]4(C)C(=O)O. The Bertz CT molecular complexity index is 569. The second kappa shape index (κ2) is 4.62. The molecule has 0 radical (unpaired) electrons. The fourth-order valence-electron chi connectivity index (χ4n) is 7.52. The van der Waals surface area contributed by atoms with Gasteiger partial charge in [0.15, 0.2) is 0 Å². The van der Waals surface area contributed by atoms with Gasteiger partial charge in [0.25, 0.3) is 0 Å². The Morgan fingerprint density at radius 1 is 1.13 bits per heavy atom. The normalized spacial score (nSPS) is 55.2. The van der Waals surface area contributed by atoms with E-state index in [1.807, 2.05) is 6.92 Å². The summed E-state index contributed by atoms with van der Waals surface area (Å²) in [5.41, 5.74) is 0.783. The van der Waals surface area contributed by atoms with Crippen molar-refractivity contribution in [2.45, 2.75) is 71.3 Å². The maximum atomic E-state index is 12.1. The number of carboxylic acids is 1. The van der Waals surface area contributed by atoms with Crippen LogP contribution in [0, 0.1) is 34.0 Å². The van der Waals surface area contributed by atoms with E-state index in [2.05, 4.69) is 13.5 Å². The molecular weight excluding hydrogens is 288 g/mol. The molecule has 2 N–H and O–H groups in total. The maximum absolute atomic E-state index is 12.1. The van der Waals surface area contributed by atoms with Gasteiger partial charge in [-0.3, -0.25) is 4.79 Å². The van der Waals surface area contributed by atoms with Crippen LogP contribution >= 0.6 is 0 Å². The van der Waals surface area contributed by atoms with Crippen LogP contribution in [0.15, 0.2) is 12.2 Å². The number of rotatable bonds is 1. The Kier molecular flexibility index (Phi) is 3.15. The van der Waals surface area contributed by atoms with Gasteiger partial charge in [0.2, 0.25) is 0 Å². The number of hydrogen-bond acceptors (Lipinski definition) is 2. The van der Waals surface area contributed by atoms with Crippen LogP contribution in [0.3, 0.4) is 0 Å². The second-order valence-electron chi connectivity index (χ2n) is 9.46. The quantitative estimate of drug-likeness (QED) is 0.718. The van der Waals surface area contributed by atoms with Crippen LogP contribution < -0.4 is 0 Å². The van der Waals surface area contributed by atoms with Gasteiger partial charge in [-0.05, 0) is 81.5 Å². The lowest BCUT2D eigenvalue weighted by molar-refractivity contribution is -0.211. The summed E-state index contributed by atoms with van der Waals surface area (Å²) in [7, 11) is 0. The van der Waals surface area contributed by atoms with Gasteiger partial charge in [-0.2, -0.15) is 0 Å². The number of hydrogen-bond donors (Lipinski definition) is 2. The first-order valence-electron chi connectivity index (χ1n) is 9.33. The average Bonchev–Trinajstić information content (AvgIpc) is 2.73. The second-order valence-corrected chi connectivity index (χ2v) is 9.46. The van der Waals surface area contributed by atoms with Crippen LogP contribution in [-0.2, 0) is 4.79 Å². The van der Waals surface area contributed by atoms with Crippen LogP contribution in [0.5, 0.6) is 0 Å². The van der Waals surface area contributed by atoms with E-state index in [9.17, 15) is 15.0 Å². The van der Waals surface area contributed by atoms with Crippen LogP contribution in [0.1, 0.15) is 65.2 Å². The van der Waals surface area contributed by atoms with Gasteiger partial charge >= 0.3 is 5.97 Å². The van der Waals surface area contributed by atoms with Crippen molar-refractivity contribution >= 4 is 5.97 Å². The minimum atomic E-state index is -0.679. The molecule has 4 aliphatic carbocycles. The number of allylic oxidation sites excluding steroid dienone is 1. The highest BCUT2D eigenvalue weighted by Gasteiger charge is 2.67. The number of carbonyl (C=O) groups is 1. The van der Waals surface area contributed by atoms with Gasteiger partial charge in [0.05, 0.1) is 11.5 Å². The van der Waals surface area contributed by atoms with E-state index < -0.39 is 11.4 Å². The van der Waals surface area contributed by atoms with Crippen molar-refractivity contribution in [3.63, 3.8) is 0 Å². The number of aliphatic hydroxyl groups excluding tert-OH is 1. The maximum Gasteiger partial charge on any atom is 0.309 e. The molecule has 3 nitrogen and oxygen atoms in total. The number of fused-ring (bicyclic) bond motifs is 3. The average molecular weight is 318 g/mol. The molecule has 2 bridgehead atoms. The summed E-state index contributed by atoms with van der Waals surface area (Å²) in [6, 6.07) is 0. The van der Waals surface area contributed by atoms with Crippen molar-refractivity contribution in [3.8, 4) is 0 Å². The van der Waals surface area contributed by atoms with Crippen LogP contribution in [0.2, 0.25) is 0 Å². The topological polar surface area (TPSA) is 57.5 Å². The van der Waals surface area contributed by atoms with E-state index in [1.165, 1.54) is 18.4 Å². The molecule has 23 heavy (non-hydrogen) atoms. The summed E-state index contributed by atoms with van der Waals surface area (Å²) in [6.07, 6.45) is 7.64.